The molecule has 0 nitrogen and oxygen atoms in total. The molecule has 0 amide bonds. The maximum absolute atomic E-state index is 4.28. The highest BCUT2D eigenvalue weighted by Crippen LogP contribution is 2.19. The van der Waals surface area contributed by atoms with E-state index in [-0.39, 0.29) is 0 Å². The maximum atomic E-state index is 4.28. The van der Waals surface area contributed by atoms with Crippen LogP contribution in [0.25, 0.3) is 11.6 Å². The summed E-state index contributed by atoms with van der Waals surface area (Å²) < 4.78 is 0. The Balaban J connectivity index is 2.27. The molecular formula is C15H14S2. The van der Waals surface area contributed by atoms with Gasteiger partial charge in [-0.15, -0.1) is 25.3 Å². The lowest BCUT2D eigenvalue weighted by Crippen LogP contribution is -1.80. The van der Waals surface area contributed by atoms with Gasteiger partial charge in [-0.1, -0.05) is 30.3 Å². The van der Waals surface area contributed by atoms with Gasteiger partial charge >= 0.3 is 0 Å². The average Bonchev–Trinajstić information content (AvgIpc) is 2.33. The van der Waals surface area contributed by atoms with Crippen LogP contribution < -0.4 is 0 Å². The van der Waals surface area contributed by atoms with Gasteiger partial charge < -0.3 is 0 Å². The zero-order valence-electron chi connectivity index (χ0n) is 9.59. The lowest BCUT2D eigenvalue weighted by Gasteiger charge is -2.02. The van der Waals surface area contributed by atoms with E-state index in [4.69, 9.17) is 0 Å². The number of benzene rings is 2. The van der Waals surface area contributed by atoms with Crippen molar-refractivity contribution >= 4 is 36.9 Å². The summed E-state index contributed by atoms with van der Waals surface area (Å²) in [6.07, 6.45) is 2.17. The quantitative estimate of drug-likeness (QED) is 0.560. The Bertz CT molecular complexity index is 522. The molecule has 2 aromatic rings. The van der Waals surface area contributed by atoms with E-state index in [1.807, 2.05) is 24.3 Å². The first-order chi connectivity index (χ1) is 8.15. The highest BCUT2D eigenvalue weighted by molar-refractivity contribution is 7.80. The van der Waals surface area contributed by atoms with Crippen LogP contribution in [0.5, 0.6) is 0 Å². The van der Waals surface area contributed by atoms with E-state index in [0.29, 0.717) is 0 Å². The number of thiol groups is 2. The van der Waals surface area contributed by atoms with Crippen molar-refractivity contribution in [3.63, 3.8) is 0 Å². The molecule has 0 saturated heterocycles. The lowest BCUT2D eigenvalue weighted by atomic mass is 10.0. The van der Waals surface area contributed by atoms with Crippen LogP contribution in [0.1, 0.15) is 18.1 Å². The number of hydrogen-bond donors (Lipinski definition) is 2. The monoisotopic (exact) mass is 258 g/mol. The van der Waals surface area contributed by atoms with Gasteiger partial charge in [-0.05, 0) is 47.9 Å². The first-order valence-corrected chi connectivity index (χ1v) is 6.31. The van der Waals surface area contributed by atoms with Crippen molar-refractivity contribution in [2.24, 2.45) is 0 Å². The molecule has 2 rings (SSSR count). The predicted molar refractivity (Wildman–Crippen MR) is 80.9 cm³/mol. The van der Waals surface area contributed by atoms with Crippen LogP contribution in [0.15, 0.2) is 58.3 Å². The predicted octanol–water partition coefficient (Wildman–Crippen LogP) is 4.82. The summed E-state index contributed by atoms with van der Waals surface area (Å²) in [6, 6.07) is 16.3. The normalized spacial score (nSPS) is 11.6. The second-order valence-corrected chi connectivity index (χ2v) is 5.00. The van der Waals surface area contributed by atoms with Gasteiger partial charge in [0.05, 0.1) is 0 Å². The molecule has 17 heavy (non-hydrogen) atoms. The molecular weight excluding hydrogens is 244 g/mol. The Hall–Kier alpha value is -1.12. The van der Waals surface area contributed by atoms with Crippen molar-refractivity contribution in [2.75, 3.05) is 0 Å². The minimum absolute atomic E-state index is 0.985. The molecule has 0 aliphatic heterocycles. The van der Waals surface area contributed by atoms with Gasteiger partial charge in [0.2, 0.25) is 0 Å². The highest BCUT2D eigenvalue weighted by Gasteiger charge is 1.96. The van der Waals surface area contributed by atoms with Gasteiger partial charge in [0.1, 0.15) is 0 Å². The molecule has 0 radical (unpaired) electrons. The van der Waals surface area contributed by atoms with Crippen molar-refractivity contribution in [1.82, 2.24) is 0 Å². The third-order valence-corrected chi connectivity index (χ3v) is 3.20. The largest absolute Gasteiger partial charge is 0.143 e. The Morgan fingerprint density at radius 1 is 0.824 bits per heavy atom. The maximum Gasteiger partial charge on any atom is 0.00403 e. The lowest BCUT2D eigenvalue weighted by molar-refractivity contribution is 1.44. The number of allylic oxidation sites excluding steroid dienone is 1. The van der Waals surface area contributed by atoms with Crippen LogP contribution in [-0.4, -0.2) is 0 Å². The minimum Gasteiger partial charge on any atom is -0.143 e. The standard InChI is InChI=1S/C15H14S2/c1-11(13-4-8-15(17)9-5-13)10-12-2-6-14(16)7-3-12/h2-10,16-17H,1H3/b11-10+. The van der Waals surface area contributed by atoms with Crippen molar-refractivity contribution in [1.29, 1.82) is 0 Å². The molecule has 0 unspecified atom stereocenters. The fraction of sp³-hybridized carbons (Fsp3) is 0.0667. The zero-order chi connectivity index (χ0) is 12.3. The molecule has 0 heterocycles. The summed E-state index contributed by atoms with van der Waals surface area (Å²) in [5.41, 5.74) is 3.65. The van der Waals surface area contributed by atoms with Crippen LogP contribution in [0.4, 0.5) is 0 Å². The van der Waals surface area contributed by atoms with Crippen LogP contribution in [0.3, 0.4) is 0 Å². The Labute approximate surface area is 113 Å². The zero-order valence-corrected chi connectivity index (χ0v) is 11.4. The molecule has 0 aliphatic carbocycles. The summed E-state index contributed by atoms with van der Waals surface area (Å²) in [4.78, 5) is 1.97. The Kier molecular flexibility index (Phi) is 3.97. The molecule has 0 N–H and O–H groups in total. The Morgan fingerprint density at radius 2 is 1.29 bits per heavy atom. The summed E-state index contributed by atoms with van der Waals surface area (Å²) in [5, 5.41) is 0. The third kappa shape index (κ3) is 3.42. The van der Waals surface area contributed by atoms with Crippen LogP contribution in [-0.2, 0) is 0 Å². The van der Waals surface area contributed by atoms with Crippen LogP contribution >= 0.6 is 25.3 Å². The van der Waals surface area contributed by atoms with E-state index in [1.165, 1.54) is 16.7 Å². The molecule has 0 aliphatic rings. The van der Waals surface area contributed by atoms with E-state index >= 15 is 0 Å². The van der Waals surface area contributed by atoms with Gasteiger partial charge in [0, 0.05) is 9.79 Å². The van der Waals surface area contributed by atoms with E-state index < -0.39 is 0 Å². The summed E-state index contributed by atoms with van der Waals surface area (Å²) in [7, 11) is 0. The van der Waals surface area contributed by atoms with Crippen molar-refractivity contribution in [3.05, 3.63) is 59.7 Å². The van der Waals surface area contributed by atoms with Gasteiger partial charge in [0.15, 0.2) is 0 Å². The fourth-order valence-electron chi connectivity index (χ4n) is 1.63. The minimum atomic E-state index is 0.985. The van der Waals surface area contributed by atoms with E-state index in [2.05, 4.69) is 62.5 Å². The number of rotatable bonds is 2. The summed E-state index contributed by atoms with van der Waals surface area (Å²) in [6.45, 7) is 2.11. The molecule has 0 spiro atoms. The van der Waals surface area contributed by atoms with Gasteiger partial charge in [0.25, 0.3) is 0 Å². The first kappa shape index (κ1) is 12.3. The summed E-state index contributed by atoms with van der Waals surface area (Å²) >= 11 is 8.56. The van der Waals surface area contributed by atoms with E-state index in [1.54, 1.807) is 0 Å². The summed E-state index contributed by atoms with van der Waals surface area (Å²) in [5.74, 6) is 0. The molecule has 0 fully saturated rings. The second kappa shape index (κ2) is 5.48. The molecule has 0 aromatic heterocycles. The van der Waals surface area contributed by atoms with E-state index in [9.17, 15) is 0 Å². The van der Waals surface area contributed by atoms with Crippen LogP contribution in [0.2, 0.25) is 0 Å². The topological polar surface area (TPSA) is 0 Å². The molecule has 2 heteroatoms. The second-order valence-electron chi connectivity index (χ2n) is 3.97. The molecule has 2 aromatic carbocycles. The van der Waals surface area contributed by atoms with Crippen molar-refractivity contribution < 1.29 is 0 Å². The van der Waals surface area contributed by atoms with Crippen molar-refractivity contribution in [2.45, 2.75) is 16.7 Å². The average molecular weight is 258 g/mol. The van der Waals surface area contributed by atoms with Crippen molar-refractivity contribution in [3.8, 4) is 0 Å². The van der Waals surface area contributed by atoms with Gasteiger partial charge in [-0.3, -0.25) is 0 Å². The first-order valence-electron chi connectivity index (χ1n) is 5.42. The Morgan fingerprint density at radius 3 is 1.82 bits per heavy atom. The highest BCUT2D eigenvalue weighted by atomic mass is 32.1. The SMILES string of the molecule is C/C(=C\c1ccc(S)cc1)c1ccc(S)cc1. The smallest absolute Gasteiger partial charge is 0.00403 e. The molecule has 0 saturated carbocycles. The van der Waals surface area contributed by atoms with Gasteiger partial charge in [-0.2, -0.15) is 0 Å². The van der Waals surface area contributed by atoms with Crippen LogP contribution in [0, 0.1) is 0 Å². The molecule has 0 atom stereocenters. The molecule has 86 valence electrons. The third-order valence-electron chi connectivity index (χ3n) is 2.60. The van der Waals surface area contributed by atoms with E-state index in [0.717, 1.165) is 9.79 Å². The number of hydrogen-bond acceptors (Lipinski definition) is 2. The fourth-order valence-corrected chi connectivity index (χ4v) is 1.93. The molecule has 0 bridgehead atoms. The van der Waals surface area contributed by atoms with Gasteiger partial charge in [-0.25, -0.2) is 0 Å².